The third kappa shape index (κ3) is 3.38. The van der Waals surface area contributed by atoms with Crippen molar-refractivity contribution in [3.05, 3.63) is 65.2 Å². The number of carbonyl (C=O) groups is 1. The molecule has 0 heterocycles. The maximum Gasteiger partial charge on any atom is 0.335 e. The number of rotatable bonds is 4. The molecule has 0 aromatic heterocycles. The van der Waals surface area contributed by atoms with Crippen LogP contribution in [0.15, 0.2) is 47.6 Å². The lowest BCUT2D eigenvalue weighted by Crippen LogP contribution is -1.96. The fraction of sp³-hybridized carbons (Fsp3) is 0. The van der Waals surface area contributed by atoms with Crippen molar-refractivity contribution in [3.63, 3.8) is 0 Å². The first-order chi connectivity index (χ1) is 9.56. The van der Waals surface area contributed by atoms with E-state index in [1.165, 1.54) is 24.4 Å². The molecule has 2 rings (SSSR count). The lowest BCUT2D eigenvalue weighted by atomic mass is 10.2. The summed E-state index contributed by atoms with van der Waals surface area (Å²) < 4.78 is 25.6. The Bertz CT molecular complexity index is 655. The molecule has 0 saturated heterocycles. The summed E-state index contributed by atoms with van der Waals surface area (Å²) in [5, 5.41) is 12.6. The minimum absolute atomic E-state index is 0.167. The second-order valence-electron chi connectivity index (χ2n) is 3.93. The molecule has 0 aliphatic rings. The zero-order valence-electron chi connectivity index (χ0n) is 10.2. The first-order valence-corrected chi connectivity index (χ1v) is 5.64. The van der Waals surface area contributed by atoms with Gasteiger partial charge in [-0.1, -0.05) is 6.07 Å². The van der Waals surface area contributed by atoms with Crippen molar-refractivity contribution < 1.29 is 18.7 Å². The second-order valence-corrected chi connectivity index (χ2v) is 3.93. The van der Waals surface area contributed by atoms with Gasteiger partial charge in [0.25, 0.3) is 0 Å². The quantitative estimate of drug-likeness (QED) is 0.666. The second kappa shape index (κ2) is 5.92. The molecule has 0 amide bonds. The van der Waals surface area contributed by atoms with Crippen molar-refractivity contribution in [1.29, 1.82) is 0 Å². The van der Waals surface area contributed by atoms with Crippen molar-refractivity contribution in [2.75, 3.05) is 5.43 Å². The number of aromatic carboxylic acids is 1. The molecular weight excluding hydrogens is 266 g/mol. The Balaban J connectivity index is 2.02. The van der Waals surface area contributed by atoms with Crippen molar-refractivity contribution in [1.82, 2.24) is 0 Å². The predicted octanol–water partition coefficient (Wildman–Crippen LogP) is 3.11. The zero-order chi connectivity index (χ0) is 14.5. The Kier molecular flexibility index (Phi) is 4.05. The molecular formula is C14H10F2N2O2. The van der Waals surface area contributed by atoms with Crippen molar-refractivity contribution >= 4 is 17.9 Å². The highest BCUT2D eigenvalue weighted by molar-refractivity contribution is 5.88. The summed E-state index contributed by atoms with van der Waals surface area (Å²) >= 11 is 0. The van der Waals surface area contributed by atoms with Crippen LogP contribution in [0.25, 0.3) is 0 Å². The summed E-state index contributed by atoms with van der Waals surface area (Å²) in [6.07, 6.45) is 1.33. The molecule has 0 saturated carbocycles. The van der Waals surface area contributed by atoms with E-state index in [4.69, 9.17) is 5.11 Å². The highest BCUT2D eigenvalue weighted by Crippen LogP contribution is 2.10. The molecule has 0 unspecified atom stereocenters. The van der Waals surface area contributed by atoms with E-state index in [-0.39, 0.29) is 5.56 Å². The normalized spacial score (nSPS) is 10.7. The topological polar surface area (TPSA) is 61.7 Å². The molecule has 0 aliphatic heterocycles. The molecule has 0 radical (unpaired) electrons. The Morgan fingerprint density at radius 1 is 1.10 bits per heavy atom. The smallest absolute Gasteiger partial charge is 0.335 e. The first-order valence-electron chi connectivity index (χ1n) is 5.64. The van der Waals surface area contributed by atoms with E-state index in [9.17, 15) is 13.6 Å². The van der Waals surface area contributed by atoms with Gasteiger partial charge >= 0.3 is 5.97 Å². The first kappa shape index (κ1) is 13.7. The van der Waals surface area contributed by atoms with Gasteiger partial charge in [-0.05, 0) is 42.0 Å². The number of nitrogens with zero attached hydrogens (tertiary/aromatic N) is 1. The number of anilines is 1. The predicted molar refractivity (Wildman–Crippen MR) is 71.0 cm³/mol. The maximum absolute atomic E-state index is 12.9. The van der Waals surface area contributed by atoms with Gasteiger partial charge in [0.1, 0.15) is 0 Å². The van der Waals surface area contributed by atoms with Gasteiger partial charge in [0.05, 0.1) is 17.5 Å². The van der Waals surface area contributed by atoms with Crippen molar-refractivity contribution in [2.24, 2.45) is 5.10 Å². The minimum Gasteiger partial charge on any atom is -0.478 e. The average molecular weight is 276 g/mol. The van der Waals surface area contributed by atoms with Crippen molar-refractivity contribution in [2.45, 2.75) is 0 Å². The lowest BCUT2D eigenvalue weighted by molar-refractivity contribution is 0.0697. The Hall–Kier alpha value is -2.76. The lowest BCUT2D eigenvalue weighted by Gasteiger charge is -2.00. The summed E-state index contributed by atoms with van der Waals surface area (Å²) in [6, 6.07) is 9.37. The number of hydrogen-bond acceptors (Lipinski definition) is 3. The summed E-state index contributed by atoms with van der Waals surface area (Å²) in [4.78, 5) is 10.7. The number of carboxylic acid groups (broad SMARTS) is 1. The van der Waals surface area contributed by atoms with Gasteiger partial charge in [-0.3, -0.25) is 5.43 Å². The van der Waals surface area contributed by atoms with Crippen LogP contribution in [-0.2, 0) is 0 Å². The van der Waals surface area contributed by atoms with Crippen LogP contribution in [-0.4, -0.2) is 17.3 Å². The van der Waals surface area contributed by atoms with Crippen LogP contribution in [0, 0.1) is 11.6 Å². The number of hydrogen-bond donors (Lipinski definition) is 2. The van der Waals surface area contributed by atoms with Crippen LogP contribution >= 0.6 is 0 Å². The number of hydrazone groups is 1. The van der Waals surface area contributed by atoms with Crippen LogP contribution in [0.1, 0.15) is 15.9 Å². The number of nitrogens with one attached hydrogen (secondary N) is 1. The molecule has 0 spiro atoms. The Labute approximate surface area is 113 Å². The summed E-state index contributed by atoms with van der Waals surface area (Å²) in [6.45, 7) is 0. The van der Waals surface area contributed by atoms with Gasteiger partial charge in [0, 0.05) is 0 Å². The summed E-state index contributed by atoms with van der Waals surface area (Å²) in [5.41, 5.74) is 3.80. The van der Waals surface area contributed by atoms with E-state index in [1.807, 2.05) is 0 Å². The van der Waals surface area contributed by atoms with E-state index in [0.29, 0.717) is 11.3 Å². The standard InChI is InChI=1S/C14H10F2N2O2/c15-12-6-1-9(7-13(12)16)8-17-18-11-4-2-10(3-5-11)14(19)20/h1-8,18H,(H,19,20)/b17-8+. The third-order valence-corrected chi connectivity index (χ3v) is 2.48. The van der Waals surface area contributed by atoms with E-state index in [2.05, 4.69) is 10.5 Å². The fourth-order valence-corrected chi connectivity index (χ4v) is 1.46. The Morgan fingerprint density at radius 2 is 1.80 bits per heavy atom. The van der Waals surface area contributed by atoms with Crippen molar-refractivity contribution in [3.8, 4) is 0 Å². The molecule has 4 nitrogen and oxygen atoms in total. The highest BCUT2D eigenvalue weighted by Gasteiger charge is 2.01. The van der Waals surface area contributed by atoms with E-state index >= 15 is 0 Å². The summed E-state index contributed by atoms with van der Waals surface area (Å²) in [5.74, 6) is -2.87. The van der Waals surface area contributed by atoms with E-state index in [1.54, 1.807) is 12.1 Å². The minimum atomic E-state index is -1.01. The van der Waals surface area contributed by atoms with Gasteiger partial charge < -0.3 is 5.11 Å². The molecule has 102 valence electrons. The molecule has 2 N–H and O–H groups in total. The SMILES string of the molecule is O=C(O)c1ccc(N/N=C/c2ccc(F)c(F)c2)cc1. The molecule has 0 atom stereocenters. The van der Waals surface area contributed by atoms with Gasteiger partial charge in [-0.15, -0.1) is 0 Å². The zero-order valence-corrected chi connectivity index (χ0v) is 10.2. The molecule has 2 aromatic carbocycles. The summed E-state index contributed by atoms with van der Waals surface area (Å²) in [7, 11) is 0. The van der Waals surface area contributed by atoms with Gasteiger partial charge in [0.15, 0.2) is 11.6 Å². The molecule has 6 heteroatoms. The maximum atomic E-state index is 12.9. The fourth-order valence-electron chi connectivity index (χ4n) is 1.46. The molecule has 0 fully saturated rings. The molecule has 0 bridgehead atoms. The molecule has 0 aliphatic carbocycles. The number of halogens is 2. The largest absolute Gasteiger partial charge is 0.478 e. The highest BCUT2D eigenvalue weighted by atomic mass is 19.2. The van der Waals surface area contributed by atoms with E-state index in [0.717, 1.165) is 12.1 Å². The molecule has 2 aromatic rings. The van der Waals surface area contributed by atoms with Gasteiger partial charge in [-0.25, -0.2) is 13.6 Å². The monoisotopic (exact) mass is 276 g/mol. The third-order valence-electron chi connectivity index (χ3n) is 2.48. The van der Waals surface area contributed by atoms with Crippen LogP contribution in [0.4, 0.5) is 14.5 Å². The average Bonchev–Trinajstić information content (AvgIpc) is 2.43. The number of carboxylic acids is 1. The Morgan fingerprint density at radius 3 is 2.40 bits per heavy atom. The van der Waals surface area contributed by atoms with Crippen LogP contribution in [0.3, 0.4) is 0 Å². The van der Waals surface area contributed by atoms with Crippen LogP contribution in [0.5, 0.6) is 0 Å². The number of benzene rings is 2. The van der Waals surface area contributed by atoms with Gasteiger partial charge in [0.2, 0.25) is 0 Å². The van der Waals surface area contributed by atoms with Crippen LogP contribution < -0.4 is 5.43 Å². The molecule has 20 heavy (non-hydrogen) atoms. The van der Waals surface area contributed by atoms with E-state index < -0.39 is 17.6 Å². The van der Waals surface area contributed by atoms with Gasteiger partial charge in [-0.2, -0.15) is 5.10 Å². The van der Waals surface area contributed by atoms with Crippen LogP contribution in [0.2, 0.25) is 0 Å².